The number of piperidine rings is 1. The molecule has 1 aromatic heterocycles. The highest BCUT2D eigenvalue weighted by Crippen LogP contribution is 2.20. The number of rotatable bonds is 3. The van der Waals surface area contributed by atoms with Crippen LogP contribution in [-0.2, 0) is 4.74 Å². The highest BCUT2D eigenvalue weighted by Gasteiger charge is 2.24. The Morgan fingerprint density at radius 3 is 2.76 bits per heavy atom. The van der Waals surface area contributed by atoms with Crippen molar-refractivity contribution < 1.29 is 18.3 Å². The second kappa shape index (κ2) is 6.55. The molecule has 0 saturated carbocycles. The highest BCUT2D eigenvalue weighted by molar-refractivity contribution is 5.67. The number of ether oxygens (including phenoxy) is 1. The average molecular weight is 300 g/mol. The maximum atomic E-state index is 13.6. The number of nitrogen functional groups attached to an aromatic ring is 1. The van der Waals surface area contributed by atoms with Crippen molar-refractivity contribution in [1.82, 2.24) is 9.88 Å². The Bertz CT molecular complexity index is 519. The minimum atomic E-state index is -0.879. The molecule has 2 heterocycles. The summed E-state index contributed by atoms with van der Waals surface area (Å²) in [5.41, 5.74) is 5.33. The van der Waals surface area contributed by atoms with Crippen molar-refractivity contribution >= 4 is 17.7 Å². The van der Waals surface area contributed by atoms with Gasteiger partial charge in [0.05, 0.1) is 6.61 Å². The fourth-order valence-electron chi connectivity index (χ4n) is 2.20. The van der Waals surface area contributed by atoms with E-state index < -0.39 is 11.6 Å². The number of hydrogen-bond acceptors (Lipinski definition) is 5. The second-order valence-corrected chi connectivity index (χ2v) is 4.79. The summed E-state index contributed by atoms with van der Waals surface area (Å²) in [6.07, 6.45) is 0.903. The smallest absolute Gasteiger partial charge is 0.409 e. The van der Waals surface area contributed by atoms with Crippen molar-refractivity contribution in [2.75, 3.05) is 30.7 Å². The molecule has 0 aromatic carbocycles. The minimum Gasteiger partial charge on any atom is -0.450 e. The van der Waals surface area contributed by atoms with Gasteiger partial charge >= 0.3 is 6.09 Å². The third-order valence-corrected chi connectivity index (χ3v) is 3.32. The molecule has 116 valence electrons. The Labute approximate surface area is 121 Å². The van der Waals surface area contributed by atoms with Crippen LogP contribution in [0.1, 0.15) is 19.8 Å². The standard InChI is InChI=1S/C13H18F2N4O2/c1-2-21-13(20)19-5-3-8(4-6-19)17-12-10(15)7-9(14)11(16)18-12/h7-8H,2-6H2,1H3,(H3,16,17,18). The molecule has 0 radical (unpaired) electrons. The largest absolute Gasteiger partial charge is 0.450 e. The summed E-state index contributed by atoms with van der Waals surface area (Å²) < 4.78 is 31.5. The maximum absolute atomic E-state index is 13.6. The number of hydrogen-bond donors (Lipinski definition) is 2. The number of nitrogens with two attached hydrogens (primary N) is 1. The molecule has 3 N–H and O–H groups in total. The number of nitrogens with one attached hydrogen (secondary N) is 1. The summed E-state index contributed by atoms with van der Waals surface area (Å²) >= 11 is 0. The summed E-state index contributed by atoms with van der Waals surface area (Å²) in [7, 11) is 0. The van der Waals surface area contributed by atoms with Crippen molar-refractivity contribution in [3.8, 4) is 0 Å². The van der Waals surface area contributed by atoms with Crippen molar-refractivity contribution in [2.24, 2.45) is 0 Å². The van der Waals surface area contributed by atoms with E-state index in [1.807, 2.05) is 0 Å². The van der Waals surface area contributed by atoms with Crippen LogP contribution in [0, 0.1) is 11.6 Å². The Kier molecular flexibility index (Phi) is 4.77. The topological polar surface area (TPSA) is 80.5 Å². The van der Waals surface area contributed by atoms with Crippen LogP contribution in [0.25, 0.3) is 0 Å². The zero-order chi connectivity index (χ0) is 15.4. The first-order chi connectivity index (χ1) is 10.0. The lowest BCUT2D eigenvalue weighted by atomic mass is 10.1. The number of carbonyl (C=O) groups is 1. The number of nitrogens with zero attached hydrogens (tertiary/aromatic N) is 2. The molecule has 1 aliphatic rings. The van der Waals surface area contributed by atoms with E-state index in [1.165, 1.54) is 0 Å². The third-order valence-electron chi connectivity index (χ3n) is 3.32. The van der Waals surface area contributed by atoms with E-state index in [1.54, 1.807) is 11.8 Å². The fourth-order valence-corrected chi connectivity index (χ4v) is 2.20. The molecule has 1 aromatic rings. The van der Waals surface area contributed by atoms with Gasteiger partial charge in [-0.05, 0) is 19.8 Å². The number of amides is 1. The highest BCUT2D eigenvalue weighted by atomic mass is 19.1. The van der Waals surface area contributed by atoms with Crippen LogP contribution in [0.2, 0.25) is 0 Å². The van der Waals surface area contributed by atoms with Gasteiger partial charge in [-0.25, -0.2) is 18.6 Å². The van der Waals surface area contributed by atoms with E-state index in [-0.39, 0.29) is 23.8 Å². The molecule has 1 amide bonds. The van der Waals surface area contributed by atoms with E-state index >= 15 is 0 Å². The second-order valence-electron chi connectivity index (χ2n) is 4.79. The molecule has 1 fully saturated rings. The van der Waals surface area contributed by atoms with E-state index in [0.29, 0.717) is 38.6 Å². The number of aromatic nitrogens is 1. The van der Waals surface area contributed by atoms with Crippen LogP contribution < -0.4 is 11.1 Å². The van der Waals surface area contributed by atoms with Crippen LogP contribution in [0.15, 0.2) is 6.07 Å². The van der Waals surface area contributed by atoms with Crippen LogP contribution in [0.4, 0.5) is 25.2 Å². The Hall–Kier alpha value is -2.12. The lowest BCUT2D eigenvalue weighted by molar-refractivity contribution is 0.0983. The number of anilines is 2. The fraction of sp³-hybridized carbons (Fsp3) is 0.538. The number of carbonyl (C=O) groups excluding carboxylic acids is 1. The lowest BCUT2D eigenvalue weighted by Gasteiger charge is -2.31. The summed E-state index contributed by atoms with van der Waals surface area (Å²) in [6, 6.07) is 0.654. The maximum Gasteiger partial charge on any atom is 0.409 e. The van der Waals surface area contributed by atoms with Crippen molar-refractivity contribution in [1.29, 1.82) is 0 Å². The molecule has 1 saturated heterocycles. The molecular formula is C13H18F2N4O2. The monoisotopic (exact) mass is 300 g/mol. The first-order valence-corrected chi connectivity index (χ1v) is 6.81. The zero-order valence-electron chi connectivity index (χ0n) is 11.7. The van der Waals surface area contributed by atoms with Gasteiger partial charge in [0.1, 0.15) is 0 Å². The summed E-state index contributed by atoms with van der Waals surface area (Å²) in [5.74, 6) is -2.07. The molecule has 8 heteroatoms. The van der Waals surface area contributed by atoms with Crippen molar-refractivity contribution in [3.05, 3.63) is 17.7 Å². The summed E-state index contributed by atoms with van der Waals surface area (Å²) in [4.78, 5) is 16.8. The third kappa shape index (κ3) is 3.71. The quantitative estimate of drug-likeness (QED) is 0.892. The first kappa shape index (κ1) is 15.3. The average Bonchev–Trinajstić information content (AvgIpc) is 2.46. The molecule has 0 bridgehead atoms. The van der Waals surface area contributed by atoms with Crippen molar-refractivity contribution in [2.45, 2.75) is 25.8 Å². The van der Waals surface area contributed by atoms with Crippen LogP contribution >= 0.6 is 0 Å². The Morgan fingerprint density at radius 1 is 1.48 bits per heavy atom. The van der Waals surface area contributed by atoms with Crippen LogP contribution in [0.3, 0.4) is 0 Å². The number of halogens is 2. The Balaban J connectivity index is 1.92. The molecule has 2 rings (SSSR count). The van der Waals surface area contributed by atoms with Gasteiger partial charge in [-0.3, -0.25) is 0 Å². The Morgan fingerprint density at radius 2 is 2.14 bits per heavy atom. The minimum absolute atomic E-state index is 0.0532. The van der Waals surface area contributed by atoms with Gasteiger partial charge in [-0.2, -0.15) is 0 Å². The van der Waals surface area contributed by atoms with Gasteiger partial charge < -0.3 is 20.7 Å². The van der Waals surface area contributed by atoms with Gasteiger partial charge in [-0.1, -0.05) is 0 Å². The summed E-state index contributed by atoms with van der Waals surface area (Å²) in [5, 5.41) is 2.90. The van der Waals surface area contributed by atoms with Crippen LogP contribution in [0.5, 0.6) is 0 Å². The van der Waals surface area contributed by atoms with Gasteiger partial charge in [-0.15, -0.1) is 0 Å². The summed E-state index contributed by atoms with van der Waals surface area (Å²) in [6.45, 7) is 3.10. The van der Waals surface area contributed by atoms with E-state index in [0.717, 1.165) is 0 Å². The van der Waals surface area contributed by atoms with Crippen molar-refractivity contribution in [3.63, 3.8) is 0 Å². The molecule has 0 atom stereocenters. The molecular weight excluding hydrogens is 282 g/mol. The zero-order valence-corrected chi connectivity index (χ0v) is 11.7. The van der Waals surface area contributed by atoms with Gasteiger partial charge in [0, 0.05) is 25.2 Å². The van der Waals surface area contributed by atoms with Gasteiger partial charge in [0.15, 0.2) is 23.3 Å². The van der Waals surface area contributed by atoms with Crippen LogP contribution in [-0.4, -0.2) is 41.7 Å². The van der Waals surface area contributed by atoms with E-state index in [4.69, 9.17) is 10.5 Å². The SMILES string of the molecule is CCOC(=O)N1CCC(Nc2nc(N)c(F)cc2F)CC1. The van der Waals surface area contributed by atoms with Gasteiger partial charge in [0.25, 0.3) is 0 Å². The molecule has 21 heavy (non-hydrogen) atoms. The lowest BCUT2D eigenvalue weighted by Crippen LogP contribution is -2.42. The number of likely N-dealkylation sites (tertiary alicyclic amines) is 1. The molecule has 0 spiro atoms. The molecule has 6 nitrogen and oxygen atoms in total. The molecule has 1 aliphatic heterocycles. The van der Waals surface area contributed by atoms with Gasteiger partial charge in [0.2, 0.25) is 0 Å². The first-order valence-electron chi connectivity index (χ1n) is 6.81. The normalized spacial score (nSPS) is 15.9. The van der Waals surface area contributed by atoms with E-state index in [9.17, 15) is 13.6 Å². The predicted octanol–water partition coefficient (Wildman–Crippen LogP) is 1.97. The molecule has 0 aliphatic carbocycles. The van der Waals surface area contributed by atoms with E-state index in [2.05, 4.69) is 10.3 Å². The molecule has 0 unspecified atom stereocenters. The predicted molar refractivity (Wildman–Crippen MR) is 73.8 cm³/mol. The number of pyridine rings is 1.